The van der Waals surface area contributed by atoms with Gasteiger partial charge in [0.1, 0.15) is 0 Å². The summed E-state index contributed by atoms with van der Waals surface area (Å²) in [6.07, 6.45) is -4.51. The van der Waals surface area contributed by atoms with E-state index in [1.807, 2.05) is 0 Å². The summed E-state index contributed by atoms with van der Waals surface area (Å²) in [5.74, 6) is 0. The Morgan fingerprint density at radius 2 is 1.95 bits per heavy atom. The first-order valence-electron chi connectivity index (χ1n) is 6.21. The number of carbonyl (C=O) groups is 1. The van der Waals surface area contributed by atoms with Crippen LogP contribution in [0.5, 0.6) is 0 Å². The predicted molar refractivity (Wildman–Crippen MR) is 71.4 cm³/mol. The fourth-order valence-corrected chi connectivity index (χ4v) is 1.76. The summed E-state index contributed by atoms with van der Waals surface area (Å²) in [6, 6.07) is 4.12. The molecule has 3 N–H and O–H groups in total. The van der Waals surface area contributed by atoms with Crippen LogP contribution in [0.25, 0.3) is 0 Å². The molecule has 0 spiro atoms. The average Bonchev–Trinajstić information content (AvgIpc) is 2.34. The summed E-state index contributed by atoms with van der Waals surface area (Å²) >= 11 is 0. The third-order valence-electron chi connectivity index (χ3n) is 2.73. The fourth-order valence-electron chi connectivity index (χ4n) is 1.76. The van der Waals surface area contributed by atoms with Crippen molar-refractivity contribution in [3.63, 3.8) is 0 Å². The number of hydrogen-bond acceptors (Lipinski definition) is 2. The average molecular weight is 289 g/mol. The van der Waals surface area contributed by atoms with Crippen molar-refractivity contribution >= 4 is 11.7 Å². The van der Waals surface area contributed by atoms with Gasteiger partial charge in [-0.3, -0.25) is 0 Å². The zero-order chi connectivity index (χ0) is 15.3. The Balaban J connectivity index is 2.96. The number of nitrogens with one attached hydrogen (secondary N) is 1. The Bertz CT molecular complexity index is 460. The van der Waals surface area contributed by atoms with Crippen molar-refractivity contribution in [2.45, 2.75) is 26.1 Å². The Morgan fingerprint density at radius 1 is 1.35 bits per heavy atom. The van der Waals surface area contributed by atoms with Crippen LogP contribution in [0, 0.1) is 0 Å². The van der Waals surface area contributed by atoms with Crippen LogP contribution < -0.4 is 11.1 Å². The summed E-state index contributed by atoms with van der Waals surface area (Å²) < 4.78 is 38.5. The molecular formula is C13H18F3N3O. The SMILES string of the molecule is CC(C)N(CCN)C(=O)Nc1ccccc1C(F)(F)F. The van der Waals surface area contributed by atoms with Gasteiger partial charge in [-0.1, -0.05) is 12.1 Å². The number of rotatable bonds is 4. The van der Waals surface area contributed by atoms with Gasteiger partial charge in [0.15, 0.2) is 0 Å². The number of nitrogens with zero attached hydrogens (tertiary/aromatic N) is 1. The van der Waals surface area contributed by atoms with Crippen LogP contribution >= 0.6 is 0 Å². The highest BCUT2D eigenvalue weighted by atomic mass is 19.4. The van der Waals surface area contributed by atoms with Gasteiger partial charge in [-0.15, -0.1) is 0 Å². The third kappa shape index (κ3) is 4.12. The van der Waals surface area contributed by atoms with Crippen molar-refractivity contribution in [2.24, 2.45) is 5.73 Å². The topological polar surface area (TPSA) is 58.4 Å². The molecule has 0 aromatic heterocycles. The lowest BCUT2D eigenvalue weighted by atomic mass is 10.1. The molecule has 0 saturated carbocycles. The second-order valence-corrected chi connectivity index (χ2v) is 4.55. The van der Waals surface area contributed by atoms with E-state index in [4.69, 9.17) is 5.73 Å². The molecule has 2 amide bonds. The number of amides is 2. The van der Waals surface area contributed by atoms with E-state index in [1.54, 1.807) is 13.8 Å². The summed E-state index contributed by atoms with van der Waals surface area (Å²) in [5.41, 5.74) is 4.27. The highest BCUT2D eigenvalue weighted by Gasteiger charge is 2.34. The Labute approximate surface area is 115 Å². The van der Waals surface area contributed by atoms with E-state index in [0.29, 0.717) is 0 Å². The maximum Gasteiger partial charge on any atom is 0.418 e. The molecular weight excluding hydrogens is 271 g/mol. The van der Waals surface area contributed by atoms with Crippen LogP contribution in [0.1, 0.15) is 19.4 Å². The van der Waals surface area contributed by atoms with E-state index in [-0.39, 0.29) is 24.8 Å². The number of para-hydroxylation sites is 1. The van der Waals surface area contributed by atoms with Gasteiger partial charge < -0.3 is 16.0 Å². The number of halogens is 3. The zero-order valence-corrected chi connectivity index (χ0v) is 11.4. The van der Waals surface area contributed by atoms with Crippen LogP contribution in [0.4, 0.5) is 23.7 Å². The number of anilines is 1. The van der Waals surface area contributed by atoms with E-state index in [0.717, 1.165) is 6.07 Å². The third-order valence-corrected chi connectivity index (χ3v) is 2.73. The van der Waals surface area contributed by atoms with Gasteiger partial charge in [0, 0.05) is 19.1 Å². The zero-order valence-electron chi connectivity index (χ0n) is 11.4. The van der Waals surface area contributed by atoms with Crippen LogP contribution in [-0.2, 0) is 6.18 Å². The standard InChI is InChI=1S/C13H18F3N3O/c1-9(2)19(8-7-17)12(20)18-11-6-4-3-5-10(11)13(14,15)16/h3-6,9H,7-8,17H2,1-2H3,(H,18,20). The minimum absolute atomic E-state index is 0.156. The van der Waals surface area contributed by atoms with Gasteiger partial charge in [0.05, 0.1) is 11.3 Å². The molecule has 0 aliphatic rings. The highest BCUT2D eigenvalue weighted by molar-refractivity contribution is 5.90. The van der Waals surface area contributed by atoms with E-state index < -0.39 is 17.8 Å². The van der Waals surface area contributed by atoms with Crippen molar-refractivity contribution in [3.05, 3.63) is 29.8 Å². The summed E-state index contributed by atoms with van der Waals surface area (Å²) in [4.78, 5) is 13.4. The van der Waals surface area contributed by atoms with E-state index in [1.165, 1.54) is 23.1 Å². The molecule has 0 unspecified atom stereocenters. The van der Waals surface area contributed by atoms with E-state index in [9.17, 15) is 18.0 Å². The lowest BCUT2D eigenvalue weighted by Gasteiger charge is -2.27. The molecule has 0 aliphatic heterocycles. The molecule has 1 aromatic rings. The second-order valence-electron chi connectivity index (χ2n) is 4.55. The molecule has 0 saturated heterocycles. The van der Waals surface area contributed by atoms with Gasteiger partial charge in [0.2, 0.25) is 0 Å². The molecule has 1 aromatic carbocycles. The van der Waals surface area contributed by atoms with Crippen LogP contribution in [-0.4, -0.2) is 30.1 Å². The maximum atomic E-state index is 12.8. The Kier molecular flexibility index (Phi) is 5.38. The van der Waals surface area contributed by atoms with Gasteiger partial charge in [-0.05, 0) is 26.0 Å². The normalized spacial score (nSPS) is 11.6. The molecule has 7 heteroatoms. The smallest absolute Gasteiger partial charge is 0.329 e. The summed E-state index contributed by atoms with van der Waals surface area (Å²) in [6.45, 7) is 4.06. The predicted octanol–water partition coefficient (Wildman–Crippen LogP) is 2.91. The largest absolute Gasteiger partial charge is 0.418 e. The molecule has 0 bridgehead atoms. The van der Waals surface area contributed by atoms with Crippen molar-refractivity contribution in [1.29, 1.82) is 0 Å². The minimum atomic E-state index is -4.51. The molecule has 0 fully saturated rings. The van der Waals surface area contributed by atoms with Gasteiger partial charge in [0.25, 0.3) is 0 Å². The van der Waals surface area contributed by atoms with Crippen LogP contribution in [0.15, 0.2) is 24.3 Å². The molecule has 0 radical (unpaired) electrons. The Hall–Kier alpha value is -1.76. The number of benzene rings is 1. The summed E-state index contributed by atoms with van der Waals surface area (Å²) in [5, 5.41) is 2.29. The number of hydrogen-bond donors (Lipinski definition) is 2. The molecule has 20 heavy (non-hydrogen) atoms. The first-order valence-corrected chi connectivity index (χ1v) is 6.21. The van der Waals surface area contributed by atoms with Crippen molar-refractivity contribution in [3.8, 4) is 0 Å². The van der Waals surface area contributed by atoms with Crippen molar-refractivity contribution in [2.75, 3.05) is 18.4 Å². The molecule has 0 heterocycles. The molecule has 112 valence electrons. The highest BCUT2D eigenvalue weighted by Crippen LogP contribution is 2.34. The van der Waals surface area contributed by atoms with Gasteiger partial charge in [-0.25, -0.2) is 4.79 Å². The second kappa shape index (κ2) is 6.60. The maximum absolute atomic E-state index is 12.8. The number of nitrogens with two attached hydrogens (primary N) is 1. The molecule has 0 aliphatic carbocycles. The van der Waals surface area contributed by atoms with Crippen molar-refractivity contribution in [1.82, 2.24) is 4.90 Å². The first kappa shape index (κ1) is 16.3. The lowest BCUT2D eigenvalue weighted by molar-refractivity contribution is -0.136. The molecule has 0 atom stereocenters. The van der Waals surface area contributed by atoms with Crippen LogP contribution in [0.3, 0.4) is 0 Å². The Morgan fingerprint density at radius 3 is 2.45 bits per heavy atom. The number of alkyl halides is 3. The monoisotopic (exact) mass is 289 g/mol. The van der Waals surface area contributed by atoms with Gasteiger partial charge >= 0.3 is 12.2 Å². The summed E-state index contributed by atoms with van der Waals surface area (Å²) in [7, 11) is 0. The quantitative estimate of drug-likeness (QED) is 0.895. The number of carbonyl (C=O) groups excluding carboxylic acids is 1. The molecule has 4 nitrogen and oxygen atoms in total. The van der Waals surface area contributed by atoms with Gasteiger partial charge in [-0.2, -0.15) is 13.2 Å². The number of urea groups is 1. The fraction of sp³-hybridized carbons (Fsp3) is 0.462. The lowest BCUT2D eigenvalue weighted by Crippen LogP contribution is -2.43. The minimum Gasteiger partial charge on any atom is -0.329 e. The van der Waals surface area contributed by atoms with E-state index >= 15 is 0 Å². The van der Waals surface area contributed by atoms with Crippen LogP contribution in [0.2, 0.25) is 0 Å². The van der Waals surface area contributed by atoms with E-state index in [2.05, 4.69) is 5.32 Å². The van der Waals surface area contributed by atoms with Crippen molar-refractivity contribution < 1.29 is 18.0 Å². The molecule has 1 rings (SSSR count). The first-order chi connectivity index (χ1) is 9.27.